The molecule has 16 heavy (non-hydrogen) atoms. The third-order valence-corrected chi connectivity index (χ3v) is 2.03. The molecule has 4 heteroatoms. The molecule has 1 heterocycles. The van der Waals surface area contributed by atoms with E-state index in [2.05, 4.69) is 4.98 Å². The van der Waals surface area contributed by atoms with Crippen molar-refractivity contribution in [3.63, 3.8) is 0 Å². The average molecular weight is 244 g/mol. The molecule has 0 aromatic carbocycles. The van der Waals surface area contributed by atoms with Crippen molar-refractivity contribution in [1.29, 1.82) is 0 Å². The molecule has 0 spiro atoms. The van der Waals surface area contributed by atoms with Crippen molar-refractivity contribution in [2.75, 3.05) is 13.2 Å². The number of halogens is 1. The predicted molar refractivity (Wildman–Crippen MR) is 64.6 cm³/mol. The molecule has 90 valence electrons. The van der Waals surface area contributed by atoms with E-state index in [-0.39, 0.29) is 5.60 Å². The van der Waals surface area contributed by atoms with Gasteiger partial charge >= 0.3 is 0 Å². The van der Waals surface area contributed by atoms with Crippen LogP contribution in [-0.2, 0) is 16.1 Å². The zero-order valence-electron chi connectivity index (χ0n) is 10.00. The first-order chi connectivity index (χ1) is 7.47. The number of rotatable bonds is 5. The maximum absolute atomic E-state index is 5.82. The summed E-state index contributed by atoms with van der Waals surface area (Å²) < 4.78 is 10.9. The molecule has 0 saturated carbocycles. The minimum Gasteiger partial charge on any atom is -0.373 e. The molecule has 0 fully saturated rings. The second kappa shape index (κ2) is 6.18. The van der Waals surface area contributed by atoms with E-state index in [0.717, 1.165) is 5.69 Å². The maximum Gasteiger partial charge on any atom is 0.0889 e. The van der Waals surface area contributed by atoms with Crippen LogP contribution in [0.25, 0.3) is 0 Å². The van der Waals surface area contributed by atoms with E-state index in [1.165, 1.54) is 0 Å². The highest BCUT2D eigenvalue weighted by Gasteiger charge is 2.08. The van der Waals surface area contributed by atoms with Gasteiger partial charge in [-0.05, 0) is 32.9 Å². The second-order valence-corrected chi connectivity index (χ2v) is 4.92. The molecule has 1 aromatic rings. The number of aromatic nitrogens is 1. The number of nitrogens with zero attached hydrogens (tertiary/aromatic N) is 1. The van der Waals surface area contributed by atoms with Gasteiger partial charge in [0, 0.05) is 11.2 Å². The Morgan fingerprint density at radius 3 is 2.69 bits per heavy atom. The number of hydrogen-bond acceptors (Lipinski definition) is 3. The molecule has 1 rings (SSSR count). The Morgan fingerprint density at radius 2 is 2.06 bits per heavy atom. The maximum atomic E-state index is 5.82. The average Bonchev–Trinajstić information content (AvgIpc) is 2.15. The fourth-order valence-corrected chi connectivity index (χ4v) is 1.29. The Morgan fingerprint density at radius 1 is 1.31 bits per heavy atom. The highest BCUT2D eigenvalue weighted by molar-refractivity contribution is 6.30. The van der Waals surface area contributed by atoms with Gasteiger partial charge in [-0.15, -0.1) is 0 Å². The van der Waals surface area contributed by atoms with Crippen molar-refractivity contribution >= 4 is 11.6 Å². The fraction of sp³-hybridized carbons (Fsp3) is 0.583. The number of ether oxygens (including phenoxy) is 2. The SMILES string of the molecule is CC(C)(C)OCCOCc1cc(Cl)ccn1. The molecule has 0 amide bonds. The van der Waals surface area contributed by atoms with Crippen LogP contribution in [0.2, 0.25) is 5.02 Å². The zero-order valence-corrected chi connectivity index (χ0v) is 10.8. The van der Waals surface area contributed by atoms with Gasteiger partial charge in [0.15, 0.2) is 0 Å². The lowest BCUT2D eigenvalue weighted by Crippen LogP contribution is -2.21. The highest BCUT2D eigenvalue weighted by Crippen LogP contribution is 2.09. The minimum atomic E-state index is -0.113. The van der Waals surface area contributed by atoms with Gasteiger partial charge in [0.1, 0.15) is 0 Å². The molecule has 3 nitrogen and oxygen atoms in total. The third kappa shape index (κ3) is 6.05. The molecule has 0 N–H and O–H groups in total. The van der Waals surface area contributed by atoms with Gasteiger partial charge in [-0.25, -0.2) is 0 Å². The van der Waals surface area contributed by atoms with Crippen LogP contribution in [0.5, 0.6) is 0 Å². The summed E-state index contributed by atoms with van der Waals surface area (Å²) in [6.07, 6.45) is 1.67. The van der Waals surface area contributed by atoms with Gasteiger partial charge in [-0.2, -0.15) is 0 Å². The fourth-order valence-electron chi connectivity index (χ4n) is 1.11. The van der Waals surface area contributed by atoms with Crippen molar-refractivity contribution in [2.24, 2.45) is 0 Å². The summed E-state index contributed by atoms with van der Waals surface area (Å²) in [6.45, 7) is 7.67. The Hall–Kier alpha value is -0.640. The number of pyridine rings is 1. The lowest BCUT2D eigenvalue weighted by Gasteiger charge is -2.19. The summed E-state index contributed by atoms with van der Waals surface area (Å²) in [6, 6.07) is 3.54. The smallest absolute Gasteiger partial charge is 0.0889 e. The van der Waals surface area contributed by atoms with Crippen LogP contribution < -0.4 is 0 Å². The van der Waals surface area contributed by atoms with Gasteiger partial charge < -0.3 is 9.47 Å². The van der Waals surface area contributed by atoms with Crippen molar-refractivity contribution in [3.05, 3.63) is 29.0 Å². The first kappa shape index (κ1) is 13.4. The second-order valence-electron chi connectivity index (χ2n) is 4.48. The van der Waals surface area contributed by atoms with Crippen LogP contribution in [-0.4, -0.2) is 23.8 Å². The van der Waals surface area contributed by atoms with E-state index in [9.17, 15) is 0 Å². The summed E-state index contributed by atoms with van der Waals surface area (Å²) in [5.74, 6) is 0. The van der Waals surface area contributed by atoms with Gasteiger partial charge in [-0.3, -0.25) is 4.98 Å². The van der Waals surface area contributed by atoms with Crippen molar-refractivity contribution in [1.82, 2.24) is 4.98 Å². The van der Waals surface area contributed by atoms with Gasteiger partial charge in [0.25, 0.3) is 0 Å². The zero-order chi connectivity index (χ0) is 12.0. The normalized spacial score (nSPS) is 11.8. The molecule has 0 aliphatic heterocycles. The van der Waals surface area contributed by atoms with E-state index in [1.807, 2.05) is 20.8 Å². The topological polar surface area (TPSA) is 31.4 Å². The van der Waals surface area contributed by atoms with E-state index in [0.29, 0.717) is 24.8 Å². The quantitative estimate of drug-likeness (QED) is 0.745. The molecular formula is C12H18ClNO2. The van der Waals surface area contributed by atoms with E-state index < -0.39 is 0 Å². The Kier molecular flexibility index (Phi) is 5.19. The van der Waals surface area contributed by atoms with Crippen LogP contribution in [0.15, 0.2) is 18.3 Å². The summed E-state index contributed by atoms with van der Waals surface area (Å²) in [4.78, 5) is 4.14. The van der Waals surface area contributed by atoms with E-state index in [1.54, 1.807) is 18.3 Å². The monoisotopic (exact) mass is 243 g/mol. The van der Waals surface area contributed by atoms with Crippen LogP contribution >= 0.6 is 11.6 Å². The summed E-state index contributed by atoms with van der Waals surface area (Å²) in [7, 11) is 0. The minimum absolute atomic E-state index is 0.113. The van der Waals surface area contributed by atoms with Gasteiger partial charge in [0.05, 0.1) is 31.1 Å². The van der Waals surface area contributed by atoms with Gasteiger partial charge in [-0.1, -0.05) is 11.6 Å². The molecule has 0 saturated heterocycles. The first-order valence-corrected chi connectivity index (χ1v) is 5.67. The molecule has 1 aromatic heterocycles. The standard InChI is InChI=1S/C12H18ClNO2/c1-12(2,3)16-7-6-15-9-11-8-10(13)4-5-14-11/h4-5,8H,6-7,9H2,1-3H3. The Labute approximate surface area is 102 Å². The van der Waals surface area contributed by atoms with Crippen molar-refractivity contribution in [2.45, 2.75) is 33.0 Å². The number of hydrogen-bond donors (Lipinski definition) is 0. The lowest BCUT2D eigenvalue weighted by molar-refractivity contribution is -0.0380. The van der Waals surface area contributed by atoms with Crippen molar-refractivity contribution < 1.29 is 9.47 Å². The first-order valence-electron chi connectivity index (χ1n) is 5.29. The Bertz CT molecular complexity index is 323. The molecular weight excluding hydrogens is 226 g/mol. The molecule has 0 unspecified atom stereocenters. The summed E-state index contributed by atoms with van der Waals surface area (Å²) in [5, 5.41) is 0.680. The third-order valence-electron chi connectivity index (χ3n) is 1.79. The highest BCUT2D eigenvalue weighted by atomic mass is 35.5. The largest absolute Gasteiger partial charge is 0.373 e. The van der Waals surface area contributed by atoms with Crippen LogP contribution in [0.3, 0.4) is 0 Å². The lowest BCUT2D eigenvalue weighted by atomic mass is 10.2. The molecule has 0 atom stereocenters. The molecule has 0 aliphatic rings. The summed E-state index contributed by atoms with van der Waals surface area (Å²) >= 11 is 5.82. The Balaban J connectivity index is 2.17. The summed E-state index contributed by atoms with van der Waals surface area (Å²) in [5.41, 5.74) is 0.723. The molecule has 0 aliphatic carbocycles. The van der Waals surface area contributed by atoms with Crippen LogP contribution in [0.4, 0.5) is 0 Å². The molecule has 0 bridgehead atoms. The molecule has 0 radical (unpaired) electrons. The predicted octanol–water partition coefficient (Wildman–Crippen LogP) is 3.07. The van der Waals surface area contributed by atoms with E-state index >= 15 is 0 Å². The van der Waals surface area contributed by atoms with Crippen LogP contribution in [0, 0.1) is 0 Å². The van der Waals surface area contributed by atoms with Gasteiger partial charge in [0.2, 0.25) is 0 Å². The van der Waals surface area contributed by atoms with Crippen LogP contribution in [0.1, 0.15) is 26.5 Å². The van der Waals surface area contributed by atoms with Crippen molar-refractivity contribution in [3.8, 4) is 0 Å². The van der Waals surface area contributed by atoms with E-state index in [4.69, 9.17) is 21.1 Å².